The lowest BCUT2D eigenvalue weighted by atomic mass is 9.93. The van der Waals surface area contributed by atoms with Crippen LogP contribution in [-0.4, -0.2) is 22.1 Å². The molecular formula is C19H29N3OS. The fraction of sp³-hybridized carbons (Fsp3) is 0.684. The molecule has 1 aliphatic rings. The van der Waals surface area contributed by atoms with Gasteiger partial charge in [-0.3, -0.25) is 9.36 Å². The number of thiophene rings is 1. The number of hydrogen-bond donors (Lipinski definition) is 1. The number of unbranched alkanes of at least 4 members (excludes halogenated alkanes) is 1. The predicted octanol–water partition coefficient (Wildman–Crippen LogP) is 3.75. The molecule has 2 aromatic rings. The summed E-state index contributed by atoms with van der Waals surface area (Å²) in [4.78, 5) is 19.7. The number of nitrogens with one attached hydrogen (secondary N) is 1. The minimum atomic E-state index is 0.164. The number of rotatable bonds is 7. The summed E-state index contributed by atoms with van der Waals surface area (Å²) >= 11 is 1.73. The molecule has 0 amide bonds. The Balaban J connectivity index is 1.79. The van der Waals surface area contributed by atoms with Crippen LogP contribution in [0.5, 0.6) is 0 Å². The monoisotopic (exact) mass is 347 g/mol. The predicted molar refractivity (Wildman–Crippen MR) is 102 cm³/mol. The van der Waals surface area contributed by atoms with E-state index in [1.165, 1.54) is 16.9 Å². The molecule has 5 heteroatoms. The van der Waals surface area contributed by atoms with Crippen LogP contribution in [-0.2, 0) is 19.4 Å². The first-order chi connectivity index (χ1) is 11.6. The molecule has 0 radical (unpaired) electrons. The van der Waals surface area contributed by atoms with E-state index in [1.54, 1.807) is 22.2 Å². The first-order valence-corrected chi connectivity index (χ1v) is 10.1. The quantitative estimate of drug-likeness (QED) is 0.830. The summed E-state index contributed by atoms with van der Waals surface area (Å²) < 4.78 is 1.80. The van der Waals surface area contributed by atoms with Gasteiger partial charge < -0.3 is 5.32 Å². The molecule has 3 rings (SSSR count). The normalized spacial score (nSPS) is 17.6. The van der Waals surface area contributed by atoms with Crippen molar-refractivity contribution in [2.75, 3.05) is 6.54 Å². The van der Waals surface area contributed by atoms with Crippen LogP contribution in [0.4, 0.5) is 0 Å². The second kappa shape index (κ2) is 7.79. The van der Waals surface area contributed by atoms with E-state index in [4.69, 9.17) is 0 Å². The van der Waals surface area contributed by atoms with Crippen LogP contribution in [0.3, 0.4) is 0 Å². The Morgan fingerprint density at radius 1 is 1.46 bits per heavy atom. The molecule has 132 valence electrons. The van der Waals surface area contributed by atoms with Crippen LogP contribution >= 0.6 is 11.3 Å². The van der Waals surface area contributed by atoms with Gasteiger partial charge >= 0.3 is 0 Å². The highest BCUT2D eigenvalue weighted by molar-refractivity contribution is 7.18. The summed E-state index contributed by atoms with van der Waals surface area (Å²) in [6, 6.07) is 0.548. The Labute approximate surface area is 148 Å². The van der Waals surface area contributed by atoms with Crippen LogP contribution in [0.2, 0.25) is 0 Å². The first kappa shape index (κ1) is 17.6. The van der Waals surface area contributed by atoms with Gasteiger partial charge in [-0.2, -0.15) is 0 Å². The third-order valence-electron chi connectivity index (χ3n) is 4.94. The highest BCUT2D eigenvalue weighted by Crippen LogP contribution is 2.33. The molecule has 0 saturated heterocycles. The molecule has 1 atom stereocenters. The highest BCUT2D eigenvalue weighted by Gasteiger charge is 2.24. The van der Waals surface area contributed by atoms with Crippen molar-refractivity contribution in [3.63, 3.8) is 0 Å². The average molecular weight is 348 g/mol. The van der Waals surface area contributed by atoms with Gasteiger partial charge in [0.15, 0.2) is 0 Å². The molecule has 1 unspecified atom stereocenters. The van der Waals surface area contributed by atoms with Gasteiger partial charge in [0.2, 0.25) is 0 Å². The lowest BCUT2D eigenvalue weighted by Crippen LogP contribution is -2.35. The van der Waals surface area contributed by atoms with E-state index in [2.05, 4.69) is 31.1 Å². The fourth-order valence-electron chi connectivity index (χ4n) is 3.44. The Morgan fingerprint density at radius 2 is 2.29 bits per heavy atom. The van der Waals surface area contributed by atoms with Crippen molar-refractivity contribution >= 4 is 21.6 Å². The van der Waals surface area contributed by atoms with E-state index in [0.29, 0.717) is 6.04 Å². The standard InChI is InChI=1S/C19H29N3OS/c1-4-5-10-22-12-21-18-17(19(22)23)15-7-6-14(11-16(15)24-18)20-9-8-13(2)3/h12-14,20H,4-11H2,1-3H3. The van der Waals surface area contributed by atoms with Gasteiger partial charge in [-0.05, 0) is 50.1 Å². The third kappa shape index (κ3) is 3.72. The molecule has 0 spiro atoms. The lowest BCUT2D eigenvalue weighted by Gasteiger charge is -2.23. The zero-order valence-electron chi connectivity index (χ0n) is 15.1. The van der Waals surface area contributed by atoms with Gasteiger partial charge in [0.25, 0.3) is 5.56 Å². The maximum atomic E-state index is 12.8. The maximum Gasteiger partial charge on any atom is 0.262 e. The second-order valence-corrected chi connectivity index (χ2v) is 8.44. The lowest BCUT2D eigenvalue weighted by molar-refractivity contribution is 0.435. The summed E-state index contributed by atoms with van der Waals surface area (Å²) in [7, 11) is 0. The van der Waals surface area contributed by atoms with Gasteiger partial charge in [-0.15, -0.1) is 11.3 Å². The van der Waals surface area contributed by atoms with Crippen molar-refractivity contribution in [1.29, 1.82) is 0 Å². The molecule has 2 aromatic heterocycles. The first-order valence-electron chi connectivity index (χ1n) is 9.33. The number of aromatic nitrogens is 2. The topological polar surface area (TPSA) is 46.9 Å². The summed E-state index contributed by atoms with van der Waals surface area (Å²) in [5.41, 5.74) is 1.44. The Morgan fingerprint density at radius 3 is 3.04 bits per heavy atom. The Hall–Kier alpha value is -1.20. The minimum absolute atomic E-state index is 0.164. The number of fused-ring (bicyclic) bond motifs is 3. The molecule has 0 aromatic carbocycles. The number of hydrogen-bond acceptors (Lipinski definition) is 4. The van der Waals surface area contributed by atoms with E-state index >= 15 is 0 Å². The van der Waals surface area contributed by atoms with E-state index in [1.807, 2.05) is 0 Å². The van der Waals surface area contributed by atoms with Gasteiger partial charge in [-0.1, -0.05) is 27.2 Å². The molecule has 1 aliphatic carbocycles. The smallest absolute Gasteiger partial charge is 0.262 e. The van der Waals surface area contributed by atoms with E-state index in [9.17, 15) is 4.79 Å². The van der Waals surface area contributed by atoms with Crippen LogP contribution in [0.1, 0.15) is 56.9 Å². The summed E-state index contributed by atoms with van der Waals surface area (Å²) in [5, 5.41) is 4.59. The summed E-state index contributed by atoms with van der Waals surface area (Å²) in [5.74, 6) is 0.742. The van der Waals surface area contributed by atoms with Crippen LogP contribution in [0.15, 0.2) is 11.1 Å². The zero-order valence-corrected chi connectivity index (χ0v) is 15.9. The van der Waals surface area contributed by atoms with Crippen LogP contribution in [0.25, 0.3) is 10.2 Å². The van der Waals surface area contributed by atoms with E-state index in [0.717, 1.165) is 61.3 Å². The van der Waals surface area contributed by atoms with Crippen molar-refractivity contribution < 1.29 is 0 Å². The molecule has 2 heterocycles. The summed E-state index contributed by atoms with van der Waals surface area (Å²) in [6.45, 7) is 8.55. The van der Waals surface area contributed by atoms with Crippen molar-refractivity contribution in [3.8, 4) is 0 Å². The SMILES string of the molecule is CCCCn1cnc2sc3c(c2c1=O)CCC(NCCC(C)C)C3. The molecule has 1 N–H and O–H groups in total. The maximum absolute atomic E-state index is 12.8. The number of aryl methyl sites for hydroxylation is 2. The fourth-order valence-corrected chi connectivity index (χ4v) is 4.70. The van der Waals surface area contributed by atoms with E-state index in [-0.39, 0.29) is 5.56 Å². The van der Waals surface area contributed by atoms with E-state index < -0.39 is 0 Å². The molecule has 24 heavy (non-hydrogen) atoms. The molecule has 0 saturated carbocycles. The van der Waals surface area contributed by atoms with Crippen molar-refractivity contribution in [2.45, 2.75) is 71.9 Å². The molecular weight excluding hydrogens is 318 g/mol. The van der Waals surface area contributed by atoms with Gasteiger partial charge in [0.1, 0.15) is 4.83 Å². The average Bonchev–Trinajstić information content (AvgIpc) is 2.92. The van der Waals surface area contributed by atoms with Crippen molar-refractivity contribution in [2.24, 2.45) is 5.92 Å². The largest absolute Gasteiger partial charge is 0.314 e. The van der Waals surface area contributed by atoms with Gasteiger partial charge in [-0.25, -0.2) is 4.98 Å². The van der Waals surface area contributed by atoms with Gasteiger partial charge in [0, 0.05) is 17.5 Å². The minimum Gasteiger partial charge on any atom is -0.314 e. The Bertz CT molecular complexity index is 747. The second-order valence-electron chi connectivity index (χ2n) is 7.36. The van der Waals surface area contributed by atoms with Crippen LogP contribution < -0.4 is 10.9 Å². The van der Waals surface area contributed by atoms with Crippen LogP contribution in [0, 0.1) is 5.92 Å². The molecule has 0 bridgehead atoms. The zero-order chi connectivity index (χ0) is 17.1. The molecule has 0 aliphatic heterocycles. The third-order valence-corrected chi connectivity index (χ3v) is 6.11. The molecule has 0 fully saturated rings. The molecule has 4 nitrogen and oxygen atoms in total. The van der Waals surface area contributed by atoms with Crippen molar-refractivity contribution in [1.82, 2.24) is 14.9 Å². The number of nitrogens with zero attached hydrogens (tertiary/aromatic N) is 2. The Kier molecular flexibility index (Phi) is 5.72. The van der Waals surface area contributed by atoms with Gasteiger partial charge in [0.05, 0.1) is 11.7 Å². The summed E-state index contributed by atoms with van der Waals surface area (Å²) in [6.07, 6.45) is 8.25. The van der Waals surface area contributed by atoms with Crippen molar-refractivity contribution in [3.05, 3.63) is 27.1 Å². The highest BCUT2D eigenvalue weighted by atomic mass is 32.1.